The van der Waals surface area contributed by atoms with Crippen LogP contribution in [0.2, 0.25) is 0 Å². The Kier molecular flexibility index (Phi) is 13.3. The third-order valence-corrected chi connectivity index (χ3v) is 7.35. The zero-order valence-corrected chi connectivity index (χ0v) is 21.2. The molecular weight excluding hydrogens is 398 g/mol. The molecule has 0 unspecified atom stereocenters. The number of nitrogens with one attached hydrogen (secondary N) is 4. The van der Waals surface area contributed by atoms with E-state index < -0.39 is 0 Å². The molecule has 3 aliphatic heterocycles. The summed E-state index contributed by atoms with van der Waals surface area (Å²) in [4.78, 5) is 13.0. The largest absolute Gasteiger partial charge is 0.323 e. The minimum atomic E-state index is -0.167. The van der Waals surface area contributed by atoms with E-state index in [1.165, 1.54) is 44.9 Å². The number of unbranched alkanes of at least 4 members (excludes halogenated alkanes) is 2. The number of hydrogen-bond acceptors (Lipinski definition) is 6. The molecule has 2 bridgehead atoms. The van der Waals surface area contributed by atoms with Crippen molar-refractivity contribution in [2.24, 2.45) is 17.1 Å². The maximum atomic E-state index is 13.0. The molecule has 3 heterocycles. The van der Waals surface area contributed by atoms with Crippen molar-refractivity contribution in [3.63, 3.8) is 0 Å². The van der Waals surface area contributed by atoms with Crippen LogP contribution in [0.1, 0.15) is 90.9 Å². The Morgan fingerprint density at radius 3 is 1.94 bits per heavy atom. The summed E-state index contributed by atoms with van der Waals surface area (Å²) in [7, 11) is 0. The first-order valence-electron chi connectivity index (χ1n) is 13.6. The van der Waals surface area contributed by atoms with E-state index in [9.17, 15) is 4.79 Å². The van der Waals surface area contributed by atoms with Crippen molar-refractivity contribution >= 4 is 5.78 Å². The predicted molar refractivity (Wildman–Crippen MR) is 136 cm³/mol. The summed E-state index contributed by atoms with van der Waals surface area (Å²) in [6.45, 7) is 11.8. The molecule has 0 aliphatic carbocycles. The van der Waals surface area contributed by atoms with E-state index in [-0.39, 0.29) is 11.0 Å². The van der Waals surface area contributed by atoms with Gasteiger partial charge < -0.3 is 27.0 Å². The lowest BCUT2D eigenvalue weighted by molar-refractivity contribution is -0.121. The van der Waals surface area contributed by atoms with Gasteiger partial charge in [-0.2, -0.15) is 0 Å². The summed E-state index contributed by atoms with van der Waals surface area (Å²) < 4.78 is 0. The molecule has 3 saturated heterocycles. The fraction of sp³-hybridized carbons (Fsp3) is 0.962. The number of nitrogens with two attached hydrogens (primary N) is 1. The first-order chi connectivity index (χ1) is 15.4. The molecule has 0 saturated carbocycles. The molecular formula is C26H53N5O. The Balaban J connectivity index is 1.98. The minimum absolute atomic E-state index is 0.0286. The highest BCUT2D eigenvalue weighted by Crippen LogP contribution is 2.30. The molecule has 0 aromatic rings. The highest BCUT2D eigenvalue weighted by Gasteiger charge is 2.32. The maximum Gasteiger partial charge on any atom is 0.133 e. The highest BCUT2D eigenvalue weighted by atomic mass is 16.1. The van der Waals surface area contributed by atoms with E-state index in [0.29, 0.717) is 12.2 Å². The topological polar surface area (TPSA) is 91.2 Å². The lowest BCUT2D eigenvalue weighted by Crippen LogP contribution is -2.57. The van der Waals surface area contributed by atoms with Crippen molar-refractivity contribution in [2.45, 2.75) is 96.4 Å². The predicted octanol–water partition coefficient (Wildman–Crippen LogP) is 2.96. The zero-order chi connectivity index (χ0) is 23.1. The van der Waals surface area contributed by atoms with Gasteiger partial charge in [-0.15, -0.1) is 0 Å². The third-order valence-electron chi connectivity index (χ3n) is 7.35. The highest BCUT2D eigenvalue weighted by molar-refractivity contribution is 5.79. The molecule has 3 aliphatic rings. The average Bonchev–Trinajstić information content (AvgIpc) is 2.74. The van der Waals surface area contributed by atoms with Gasteiger partial charge in [0, 0.05) is 76.2 Å². The molecule has 188 valence electrons. The molecule has 0 amide bonds. The first-order valence-corrected chi connectivity index (χ1v) is 13.6. The van der Waals surface area contributed by atoms with Crippen LogP contribution in [0.15, 0.2) is 0 Å². The monoisotopic (exact) mass is 451 g/mol. The molecule has 3 rings (SSSR count). The van der Waals surface area contributed by atoms with Crippen molar-refractivity contribution in [1.29, 1.82) is 0 Å². The summed E-state index contributed by atoms with van der Waals surface area (Å²) in [6, 6.07) is 0. The molecule has 6 N–H and O–H groups in total. The van der Waals surface area contributed by atoms with Crippen molar-refractivity contribution < 1.29 is 4.79 Å². The summed E-state index contributed by atoms with van der Waals surface area (Å²) >= 11 is 0. The second-order valence-corrected chi connectivity index (χ2v) is 11.2. The molecule has 32 heavy (non-hydrogen) atoms. The van der Waals surface area contributed by atoms with Crippen molar-refractivity contribution in [1.82, 2.24) is 21.3 Å². The molecule has 0 radical (unpaired) electrons. The fourth-order valence-corrected chi connectivity index (χ4v) is 5.32. The Hall–Kier alpha value is -0.530. The smallest absolute Gasteiger partial charge is 0.133 e. The SMILES string of the molecule is CC(C)CCCCCC(=O)CC12CCCCCCC(N)(CNCCNC1)CNCCNC2. The molecule has 3 fully saturated rings. The number of carbonyl (C=O) groups is 1. The number of rotatable bonds is 8. The first kappa shape index (κ1) is 27.7. The molecule has 0 aromatic heterocycles. The number of hydrogen-bond donors (Lipinski definition) is 5. The maximum absolute atomic E-state index is 13.0. The van der Waals surface area contributed by atoms with Crippen LogP contribution in [0.5, 0.6) is 0 Å². The normalized spacial score (nSPS) is 29.5. The van der Waals surface area contributed by atoms with Crippen LogP contribution in [0.3, 0.4) is 0 Å². The summed E-state index contributed by atoms with van der Waals surface area (Å²) in [6.07, 6.45) is 13.3. The number of carbonyl (C=O) groups excluding carboxylic acids is 1. The van der Waals surface area contributed by atoms with Gasteiger partial charge >= 0.3 is 0 Å². The van der Waals surface area contributed by atoms with Crippen LogP contribution in [0.4, 0.5) is 0 Å². The van der Waals surface area contributed by atoms with Crippen LogP contribution in [-0.4, -0.2) is 63.7 Å². The van der Waals surface area contributed by atoms with E-state index in [1.807, 2.05) is 0 Å². The standard InChI is InChI=1S/C26H53N5O/c1-23(2)10-6-5-7-11-24(32)18-25-12-8-3-4-9-13-26(27,21-30-16-14-28-19-25)22-31-17-15-29-20-25/h23,28-31H,3-22,27H2,1-2H3. The Bertz CT molecular complexity index is 467. The quantitative estimate of drug-likeness (QED) is 0.365. The van der Waals surface area contributed by atoms with Crippen molar-refractivity contribution in [3.05, 3.63) is 0 Å². The van der Waals surface area contributed by atoms with Gasteiger partial charge in [0.1, 0.15) is 5.78 Å². The second-order valence-electron chi connectivity index (χ2n) is 11.2. The Labute approximate surface area is 198 Å². The van der Waals surface area contributed by atoms with Gasteiger partial charge in [-0.05, 0) is 25.2 Å². The summed E-state index contributed by atoms with van der Waals surface area (Å²) in [5, 5.41) is 14.5. The van der Waals surface area contributed by atoms with Gasteiger partial charge in [0.15, 0.2) is 0 Å². The lowest BCUT2D eigenvalue weighted by atomic mass is 9.76. The molecule has 6 heteroatoms. The number of fused-ring (bicyclic) bond motifs is 15. The van der Waals surface area contributed by atoms with E-state index >= 15 is 0 Å². The van der Waals surface area contributed by atoms with Crippen molar-refractivity contribution in [2.75, 3.05) is 52.4 Å². The van der Waals surface area contributed by atoms with E-state index in [2.05, 4.69) is 35.1 Å². The van der Waals surface area contributed by atoms with Crippen LogP contribution in [-0.2, 0) is 4.79 Å². The van der Waals surface area contributed by atoms with Gasteiger partial charge in [0.25, 0.3) is 0 Å². The van der Waals surface area contributed by atoms with Gasteiger partial charge in [-0.3, -0.25) is 4.79 Å². The summed E-state index contributed by atoms with van der Waals surface area (Å²) in [5.41, 5.74) is 6.61. The summed E-state index contributed by atoms with van der Waals surface area (Å²) in [5.74, 6) is 1.23. The Morgan fingerprint density at radius 1 is 0.781 bits per heavy atom. The van der Waals surface area contributed by atoms with Gasteiger partial charge in [0.2, 0.25) is 0 Å². The number of ketones is 1. The molecule has 0 spiro atoms. The van der Waals surface area contributed by atoms with Crippen molar-refractivity contribution in [3.8, 4) is 0 Å². The average molecular weight is 452 g/mol. The zero-order valence-electron chi connectivity index (χ0n) is 21.2. The van der Waals surface area contributed by atoms with Gasteiger partial charge in [0.05, 0.1) is 0 Å². The van der Waals surface area contributed by atoms with Crippen LogP contribution in [0, 0.1) is 11.3 Å². The fourth-order valence-electron chi connectivity index (χ4n) is 5.32. The van der Waals surface area contributed by atoms with Crippen LogP contribution in [0.25, 0.3) is 0 Å². The second kappa shape index (κ2) is 15.4. The van der Waals surface area contributed by atoms with E-state index in [4.69, 9.17) is 5.73 Å². The van der Waals surface area contributed by atoms with Gasteiger partial charge in [-0.1, -0.05) is 58.8 Å². The van der Waals surface area contributed by atoms with Crippen LogP contribution >= 0.6 is 0 Å². The van der Waals surface area contributed by atoms with Gasteiger partial charge in [-0.25, -0.2) is 0 Å². The molecule has 0 atom stereocenters. The molecule has 6 nitrogen and oxygen atoms in total. The Morgan fingerprint density at radius 2 is 1.34 bits per heavy atom. The van der Waals surface area contributed by atoms with E-state index in [0.717, 1.165) is 84.0 Å². The van der Waals surface area contributed by atoms with Crippen LogP contribution < -0.4 is 27.0 Å². The number of Topliss-reactive ketones (excluding diaryl/α,β-unsaturated/α-hetero) is 1. The lowest BCUT2D eigenvalue weighted by Gasteiger charge is -2.36. The minimum Gasteiger partial charge on any atom is -0.323 e. The van der Waals surface area contributed by atoms with E-state index in [1.54, 1.807) is 0 Å². The third kappa shape index (κ3) is 11.6. The molecule has 0 aromatic carbocycles.